The van der Waals surface area contributed by atoms with Gasteiger partial charge in [0, 0.05) is 23.7 Å². The molecule has 0 atom stereocenters. The molecule has 0 spiro atoms. The van der Waals surface area contributed by atoms with Crippen LogP contribution in [0.5, 0.6) is 0 Å². The van der Waals surface area contributed by atoms with Crippen LogP contribution in [0.4, 0.5) is 31.0 Å². The molecule has 1 aliphatic rings. The third kappa shape index (κ3) is 5.18. The van der Waals surface area contributed by atoms with Crippen molar-refractivity contribution in [3.05, 3.63) is 89.1 Å². The molecule has 198 valence electrons. The Labute approximate surface area is 227 Å². The van der Waals surface area contributed by atoms with Crippen molar-refractivity contribution in [3.8, 4) is 11.4 Å². The van der Waals surface area contributed by atoms with Gasteiger partial charge >= 0.3 is 0 Å². The first-order chi connectivity index (χ1) is 18.9. The van der Waals surface area contributed by atoms with Gasteiger partial charge in [0.1, 0.15) is 28.7 Å². The van der Waals surface area contributed by atoms with Crippen molar-refractivity contribution in [2.75, 3.05) is 29.5 Å². The lowest BCUT2D eigenvalue weighted by Crippen LogP contribution is -2.18. The van der Waals surface area contributed by atoms with E-state index in [1.54, 1.807) is 6.20 Å². The molecule has 6 rings (SSSR count). The minimum Gasteiger partial charge on any atom is -0.397 e. The van der Waals surface area contributed by atoms with Crippen LogP contribution in [-0.4, -0.2) is 38.3 Å². The molecule has 1 amide bonds. The smallest absolute Gasteiger partial charge is 0.255 e. The molecule has 2 aromatic carbocycles. The number of hydrogen-bond donors (Lipinski definition) is 3. The number of halogens is 2. The number of pyridine rings is 1. The molecule has 11 heteroatoms. The van der Waals surface area contributed by atoms with Gasteiger partial charge in [-0.1, -0.05) is 12.1 Å². The number of carbonyl (C=O) groups excluding carboxylic acids is 1. The van der Waals surface area contributed by atoms with Crippen molar-refractivity contribution in [2.24, 2.45) is 0 Å². The fourth-order valence-electron chi connectivity index (χ4n) is 4.69. The molecule has 8 nitrogen and oxygen atoms in total. The molecule has 39 heavy (non-hydrogen) atoms. The van der Waals surface area contributed by atoms with E-state index in [0.717, 1.165) is 37.0 Å². The Morgan fingerprint density at radius 3 is 2.72 bits per heavy atom. The second-order valence-electron chi connectivity index (χ2n) is 9.41. The number of nitrogens with one attached hydrogen (secondary N) is 2. The maximum atomic E-state index is 14.9. The molecule has 4 N–H and O–H groups in total. The molecule has 1 fully saturated rings. The number of imidazole rings is 1. The van der Waals surface area contributed by atoms with Crippen molar-refractivity contribution < 1.29 is 13.6 Å². The van der Waals surface area contributed by atoms with Gasteiger partial charge in [0.2, 0.25) is 0 Å². The standard InChI is InChI=1S/C28H25F2N7OS/c29-19-4-3-5-21(31)26(19)35-27(38)18-7-8-22(20(30)12-18)33-28-34-23(16-39-28)24-13-32-25-9-6-17(15-37(24)25)14-36-10-1-2-11-36/h3-9,12-13,15-16H,1-2,10-11,14,31H2,(H,33,34)(H,35,38). The largest absolute Gasteiger partial charge is 0.397 e. The number of benzene rings is 2. The number of aromatic nitrogens is 3. The van der Waals surface area contributed by atoms with Crippen molar-refractivity contribution in [1.29, 1.82) is 0 Å². The molecule has 0 aliphatic carbocycles. The van der Waals surface area contributed by atoms with E-state index in [-0.39, 0.29) is 22.6 Å². The Balaban J connectivity index is 1.18. The summed E-state index contributed by atoms with van der Waals surface area (Å²) in [6.07, 6.45) is 6.36. The average Bonchev–Trinajstić information content (AvgIpc) is 3.69. The Morgan fingerprint density at radius 2 is 1.92 bits per heavy atom. The monoisotopic (exact) mass is 545 g/mol. The van der Waals surface area contributed by atoms with E-state index in [0.29, 0.717) is 10.8 Å². The number of rotatable bonds is 7. The Bertz CT molecular complexity index is 1660. The number of hydrogen-bond acceptors (Lipinski definition) is 7. The summed E-state index contributed by atoms with van der Waals surface area (Å²) in [6.45, 7) is 3.15. The van der Waals surface area contributed by atoms with E-state index in [9.17, 15) is 13.6 Å². The van der Waals surface area contributed by atoms with Gasteiger partial charge in [0.05, 0.1) is 23.3 Å². The fraction of sp³-hybridized carbons (Fsp3) is 0.179. The summed E-state index contributed by atoms with van der Waals surface area (Å²) in [6, 6.07) is 12.2. The molecule has 0 radical (unpaired) electrons. The fourth-order valence-corrected chi connectivity index (χ4v) is 5.40. The summed E-state index contributed by atoms with van der Waals surface area (Å²) in [5, 5.41) is 7.76. The zero-order valence-electron chi connectivity index (χ0n) is 20.8. The topological polar surface area (TPSA) is 101 Å². The predicted octanol–water partition coefficient (Wildman–Crippen LogP) is 5.91. The summed E-state index contributed by atoms with van der Waals surface area (Å²) < 4.78 is 31.0. The van der Waals surface area contributed by atoms with Crippen molar-refractivity contribution in [1.82, 2.24) is 19.3 Å². The number of fused-ring (bicyclic) bond motifs is 1. The van der Waals surface area contributed by atoms with Gasteiger partial charge in [-0.15, -0.1) is 11.3 Å². The summed E-state index contributed by atoms with van der Waals surface area (Å²) in [5.41, 5.74) is 9.46. The SMILES string of the molecule is Nc1cccc(F)c1NC(=O)c1ccc(Nc2nc(-c3cnc4ccc(CN5CCCC5)cn34)cs2)c(F)c1. The minimum absolute atomic E-state index is 0.0241. The van der Waals surface area contributed by atoms with Crippen LogP contribution in [0.2, 0.25) is 0 Å². The first kappa shape index (κ1) is 25.0. The molecular formula is C28H25F2N7OS. The molecule has 1 saturated heterocycles. The van der Waals surface area contributed by atoms with Gasteiger partial charge in [-0.3, -0.25) is 14.1 Å². The molecule has 1 aliphatic heterocycles. The highest BCUT2D eigenvalue weighted by atomic mass is 32.1. The highest BCUT2D eigenvalue weighted by Crippen LogP contribution is 2.30. The molecule has 0 bridgehead atoms. The molecule has 0 unspecified atom stereocenters. The number of nitrogen functional groups attached to an aromatic ring is 1. The number of anilines is 4. The Morgan fingerprint density at radius 1 is 1.08 bits per heavy atom. The van der Waals surface area contributed by atoms with Crippen LogP contribution in [0.25, 0.3) is 17.0 Å². The summed E-state index contributed by atoms with van der Waals surface area (Å²) >= 11 is 1.33. The third-order valence-corrected chi connectivity index (χ3v) is 7.45. The van der Waals surface area contributed by atoms with Gasteiger partial charge in [-0.25, -0.2) is 18.7 Å². The zero-order valence-corrected chi connectivity index (χ0v) is 21.6. The number of likely N-dealkylation sites (tertiary alicyclic amines) is 1. The van der Waals surface area contributed by atoms with E-state index in [1.165, 1.54) is 60.1 Å². The summed E-state index contributed by atoms with van der Waals surface area (Å²) in [5.74, 6) is -2.00. The predicted molar refractivity (Wildman–Crippen MR) is 149 cm³/mol. The number of nitrogens with two attached hydrogens (primary N) is 1. The van der Waals surface area contributed by atoms with Crippen LogP contribution < -0.4 is 16.4 Å². The van der Waals surface area contributed by atoms with Crippen LogP contribution in [0.15, 0.2) is 66.3 Å². The lowest BCUT2D eigenvalue weighted by atomic mass is 10.1. The second kappa shape index (κ2) is 10.4. The van der Waals surface area contributed by atoms with Gasteiger partial charge in [-0.2, -0.15) is 0 Å². The van der Waals surface area contributed by atoms with Gasteiger partial charge in [0.15, 0.2) is 5.13 Å². The van der Waals surface area contributed by atoms with Crippen molar-refractivity contribution in [2.45, 2.75) is 19.4 Å². The Hall–Kier alpha value is -4.35. The summed E-state index contributed by atoms with van der Waals surface area (Å²) in [4.78, 5) is 24.2. The van der Waals surface area contributed by atoms with E-state index < -0.39 is 17.5 Å². The van der Waals surface area contributed by atoms with E-state index in [1.807, 2.05) is 15.8 Å². The number of para-hydroxylation sites is 1. The molecule has 0 saturated carbocycles. The highest BCUT2D eigenvalue weighted by Gasteiger charge is 2.17. The second-order valence-corrected chi connectivity index (χ2v) is 10.3. The lowest BCUT2D eigenvalue weighted by molar-refractivity contribution is 0.102. The normalized spacial score (nSPS) is 13.7. The average molecular weight is 546 g/mol. The van der Waals surface area contributed by atoms with Crippen LogP contribution in [0.3, 0.4) is 0 Å². The van der Waals surface area contributed by atoms with Crippen LogP contribution in [0, 0.1) is 11.6 Å². The third-order valence-electron chi connectivity index (χ3n) is 6.70. The van der Waals surface area contributed by atoms with Crippen molar-refractivity contribution >= 4 is 45.1 Å². The minimum atomic E-state index is -0.675. The van der Waals surface area contributed by atoms with Crippen LogP contribution >= 0.6 is 11.3 Å². The maximum absolute atomic E-state index is 14.9. The quantitative estimate of drug-likeness (QED) is 0.220. The molecule has 5 aromatic rings. The molecular weight excluding hydrogens is 520 g/mol. The van der Waals surface area contributed by atoms with Crippen LogP contribution in [-0.2, 0) is 6.54 Å². The Kier molecular flexibility index (Phi) is 6.67. The number of carbonyl (C=O) groups is 1. The number of thiazole rings is 1. The van der Waals surface area contributed by atoms with E-state index >= 15 is 0 Å². The molecule has 4 heterocycles. The highest BCUT2D eigenvalue weighted by molar-refractivity contribution is 7.14. The van der Waals surface area contributed by atoms with E-state index in [4.69, 9.17) is 5.73 Å². The molecule has 3 aromatic heterocycles. The first-order valence-corrected chi connectivity index (χ1v) is 13.4. The number of nitrogens with zero attached hydrogens (tertiary/aromatic N) is 4. The maximum Gasteiger partial charge on any atom is 0.255 e. The van der Waals surface area contributed by atoms with Gasteiger partial charge < -0.3 is 16.4 Å². The van der Waals surface area contributed by atoms with Gasteiger partial charge in [-0.05, 0) is 67.9 Å². The number of amides is 1. The van der Waals surface area contributed by atoms with E-state index in [2.05, 4.69) is 37.8 Å². The van der Waals surface area contributed by atoms with Crippen molar-refractivity contribution in [3.63, 3.8) is 0 Å². The van der Waals surface area contributed by atoms with Gasteiger partial charge in [0.25, 0.3) is 5.91 Å². The summed E-state index contributed by atoms with van der Waals surface area (Å²) in [7, 11) is 0. The first-order valence-electron chi connectivity index (χ1n) is 12.5. The lowest BCUT2D eigenvalue weighted by Gasteiger charge is -2.14. The van der Waals surface area contributed by atoms with Crippen LogP contribution in [0.1, 0.15) is 28.8 Å². The zero-order chi connectivity index (χ0) is 26.9.